The third-order valence-corrected chi connectivity index (χ3v) is 4.17. The van der Waals surface area contributed by atoms with E-state index in [2.05, 4.69) is 10.6 Å². The molecule has 138 valence electrons. The second-order valence-corrected chi connectivity index (χ2v) is 6.16. The first kappa shape index (κ1) is 19.2. The summed E-state index contributed by atoms with van der Waals surface area (Å²) in [6.07, 6.45) is -3.15. The van der Waals surface area contributed by atoms with Crippen molar-refractivity contribution in [3.05, 3.63) is 35.4 Å². The van der Waals surface area contributed by atoms with E-state index in [-0.39, 0.29) is 24.4 Å². The maximum absolute atomic E-state index is 12.3. The van der Waals surface area contributed by atoms with Crippen molar-refractivity contribution < 1.29 is 22.8 Å². The maximum Gasteiger partial charge on any atom is 0.401 e. The van der Waals surface area contributed by atoms with Gasteiger partial charge in [-0.25, -0.2) is 0 Å². The fourth-order valence-corrected chi connectivity index (χ4v) is 2.79. The van der Waals surface area contributed by atoms with E-state index in [1.165, 1.54) is 4.90 Å². The highest BCUT2D eigenvalue weighted by Crippen LogP contribution is 2.14. The number of nitrogens with zero attached hydrogens (tertiary/aromatic N) is 1. The highest BCUT2D eigenvalue weighted by Gasteiger charge is 2.28. The first-order valence-corrected chi connectivity index (χ1v) is 8.18. The van der Waals surface area contributed by atoms with Crippen LogP contribution in [0.5, 0.6) is 0 Å². The topological polar surface area (TPSA) is 61.4 Å². The third-order valence-electron chi connectivity index (χ3n) is 4.17. The van der Waals surface area contributed by atoms with Crippen LogP contribution in [0, 0.1) is 6.92 Å². The second-order valence-electron chi connectivity index (χ2n) is 6.16. The summed E-state index contributed by atoms with van der Waals surface area (Å²) >= 11 is 0. The molecule has 0 saturated carbocycles. The van der Waals surface area contributed by atoms with Gasteiger partial charge >= 0.3 is 6.18 Å². The number of carbonyl (C=O) groups excluding carboxylic acids is 2. The van der Waals surface area contributed by atoms with Gasteiger partial charge in [0.15, 0.2) is 0 Å². The molecule has 2 amide bonds. The lowest BCUT2D eigenvalue weighted by Gasteiger charge is -2.32. The number of likely N-dealkylation sites (tertiary alicyclic amines) is 1. The molecule has 1 heterocycles. The number of hydrogen-bond donors (Lipinski definition) is 2. The molecule has 1 aliphatic rings. The second kappa shape index (κ2) is 8.33. The van der Waals surface area contributed by atoms with E-state index >= 15 is 0 Å². The largest absolute Gasteiger partial charge is 0.401 e. The lowest BCUT2D eigenvalue weighted by molar-refractivity contribution is -0.135. The molecule has 0 spiro atoms. The summed E-state index contributed by atoms with van der Waals surface area (Å²) in [5, 5.41) is 5.06. The minimum absolute atomic E-state index is 0.0423. The standard InChI is InChI=1S/C17H22F3N3O2/c1-12-4-2-3-5-14(12)16(25)22-13-6-8-23(9-7-13)15(24)10-21-11-17(18,19)20/h2-5,13,21H,6-11H2,1H3,(H,22,25). The number of amides is 2. The van der Waals surface area contributed by atoms with E-state index in [1.54, 1.807) is 12.1 Å². The number of hydrogen-bond acceptors (Lipinski definition) is 3. The van der Waals surface area contributed by atoms with Gasteiger partial charge in [0.2, 0.25) is 5.91 Å². The number of benzene rings is 1. The Labute approximate surface area is 144 Å². The van der Waals surface area contributed by atoms with E-state index in [0.29, 0.717) is 31.5 Å². The average Bonchev–Trinajstić information content (AvgIpc) is 2.54. The molecule has 1 aromatic rings. The molecule has 25 heavy (non-hydrogen) atoms. The van der Waals surface area contributed by atoms with E-state index in [9.17, 15) is 22.8 Å². The summed E-state index contributed by atoms with van der Waals surface area (Å²) in [5.74, 6) is -0.498. The number of aryl methyl sites for hydroxylation is 1. The van der Waals surface area contributed by atoms with Crippen LogP contribution in [0.25, 0.3) is 0 Å². The van der Waals surface area contributed by atoms with Crippen LogP contribution in [0.4, 0.5) is 13.2 Å². The van der Waals surface area contributed by atoms with Crippen LogP contribution in [0.15, 0.2) is 24.3 Å². The summed E-state index contributed by atoms with van der Waals surface area (Å²) in [6, 6.07) is 7.25. The van der Waals surface area contributed by atoms with Crippen LogP contribution >= 0.6 is 0 Å². The highest BCUT2D eigenvalue weighted by atomic mass is 19.4. The zero-order valence-electron chi connectivity index (χ0n) is 14.0. The molecule has 1 saturated heterocycles. The van der Waals surface area contributed by atoms with Crippen LogP contribution in [0.3, 0.4) is 0 Å². The Hall–Kier alpha value is -2.09. The van der Waals surface area contributed by atoms with Gasteiger partial charge in [-0.2, -0.15) is 13.2 Å². The van der Waals surface area contributed by atoms with Crippen molar-refractivity contribution in [2.24, 2.45) is 0 Å². The molecule has 0 atom stereocenters. The molecule has 1 aromatic carbocycles. The average molecular weight is 357 g/mol. The highest BCUT2D eigenvalue weighted by molar-refractivity contribution is 5.95. The van der Waals surface area contributed by atoms with Gasteiger partial charge in [0.25, 0.3) is 5.91 Å². The van der Waals surface area contributed by atoms with Gasteiger partial charge in [-0.1, -0.05) is 18.2 Å². The van der Waals surface area contributed by atoms with Gasteiger partial charge in [0.1, 0.15) is 0 Å². The van der Waals surface area contributed by atoms with Crippen molar-refractivity contribution in [3.8, 4) is 0 Å². The molecular weight excluding hydrogens is 335 g/mol. The van der Waals surface area contributed by atoms with Crippen LogP contribution < -0.4 is 10.6 Å². The number of halogens is 3. The van der Waals surface area contributed by atoms with Crippen molar-refractivity contribution >= 4 is 11.8 Å². The Kier molecular flexibility index (Phi) is 6.41. The van der Waals surface area contributed by atoms with E-state index in [0.717, 1.165) is 5.56 Å². The predicted octanol–water partition coefficient (Wildman–Crippen LogP) is 1.87. The molecular formula is C17H22F3N3O2. The summed E-state index contributed by atoms with van der Waals surface area (Å²) in [5.41, 5.74) is 1.51. The zero-order valence-corrected chi connectivity index (χ0v) is 14.0. The molecule has 5 nitrogen and oxygen atoms in total. The quantitative estimate of drug-likeness (QED) is 0.846. The molecule has 0 radical (unpaired) electrons. The Morgan fingerprint density at radius 2 is 1.84 bits per heavy atom. The molecule has 0 unspecified atom stereocenters. The predicted molar refractivity (Wildman–Crippen MR) is 87.2 cm³/mol. The van der Waals surface area contributed by atoms with Gasteiger partial charge < -0.3 is 15.5 Å². The van der Waals surface area contributed by atoms with E-state index < -0.39 is 12.7 Å². The fourth-order valence-electron chi connectivity index (χ4n) is 2.79. The number of piperidine rings is 1. The molecule has 2 rings (SSSR count). The monoisotopic (exact) mass is 357 g/mol. The molecule has 0 aromatic heterocycles. The normalized spacial score (nSPS) is 15.9. The smallest absolute Gasteiger partial charge is 0.349 e. The van der Waals surface area contributed by atoms with Crippen molar-refractivity contribution in [2.75, 3.05) is 26.2 Å². The number of alkyl halides is 3. The SMILES string of the molecule is Cc1ccccc1C(=O)NC1CCN(C(=O)CNCC(F)(F)F)CC1. The molecule has 1 aliphatic heterocycles. The van der Waals surface area contributed by atoms with Crippen LogP contribution in [-0.2, 0) is 4.79 Å². The van der Waals surface area contributed by atoms with Crippen LogP contribution in [0.1, 0.15) is 28.8 Å². The Morgan fingerprint density at radius 3 is 2.44 bits per heavy atom. The van der Waals surface area contributed by atoms with Crippen molar-refractivity contribution in [1.29, 1.82) is 0 Å². The minimum atomic E-state index is -4.33. The maximum atomic E-state index is 12.3. The molecule has 2 N–H and O–H groups in total. The van der Waals surface area contributed by atoms with Crippen molar-refractivity contribution in [2.45, 2.75) is 32.0 Å². The fraction of sp³-hybridized carbons (Fsp3) is 0.529. The van der Waals surface area contributed by atoms with E-state index in [4.69, 9.17) is 0 Å². The molecule has 0 bridgehead atoms. The molecule has 1 fully saturated rings. The van der Waals surface area contributed by atoms with Crippen LogP contribution in [0.2, 0.25) is 0 Å². The van der Waals surface area contributed by atoms with Gasteiger partial charge in [-0.05, 0) is 31.4 Å². The number of nitrogens with one attached hydrogen (secondary N) is 2. The summed E-state index contributed by atoms with van der Waals surface area (Å²) < 4.78 is 36.2. The summed E-state index contributed by atoms with van der Waals surface area (Å²) in [7, 11) is 0. The Morgan fingerprint density at radius 1 is 1.20 bits per heavy atom. The lowest BCUT2D eigenvalue weighted by Crippen LogP contribution is -2.49. The van der Waals surface area contributed by atoms with Crippen molar-refractivity contribution in [1.82, 2.24) is 15.5 Å². The first-order chi connectivity index (χ1) is 11.8. The summed E-state index contributed by atoms with van der Waals surface area (Å²) in [6.45, 7) is 1.20. The van der Waals surface area contributed by atoms with Gasteiger partial charge in [-0.3, -0.25) is 9.59 Å². The third kappa shape index (κ3) is 6.04. The Balaban J connectivity index is 1.75. The van der Waals surface area contributed by atoms with Gasteiger partial charge in [-0.15, -0.1) is 0 Å². The minimum Gasteiger partial charge on any atom is -0.349 e. The molecule has 8 heteroatoms. The first-order valence-electron chi connectivity index (χ1n) is 8.18. The number of carbonyl (C=O) groups is 2. The Bertz CT molecular complexity index is 611. The van der Waals surface area contributed by atoms with Crippen molar-refractivity contribution in [3.63, 3.8) is 0 Å². The number of rotatable bonds is 5. The van der Waals surface area contributed by atoms with Crippen LogP contribution in [-0.4, -0.2) is 55.1 Å². The van der Waals surface area contributed by atoms with Gasteiger partial charge in [0, 0.05) is 24.7 Å². The lowest BCUT2D eigenvalue weighted by atomic mass is 10.0. The molecule has 0 aliphatic carbocycles. The summed E-state index contributed by atoms with van der Waals surface area (Å²) in [4.78, 5) is 25.7. The van der Waals surface area contributed by atoms with E-state index in [1.807, 2.05) is 19.1 Å². The zero-order chi connectivity index (χ0) is 18.4. The van der Waals surface area contributed by atoms with Gasteiger partial charge in [0.05, 0.1) is 13.1 Å².